The average molecular weight is 251 g/mol. The molecule has 1 unspecified atom stereocenters. The van der Waals surface area contributed by atoms with Crippen molar-refractivity contribution in [1.29, 1.82) is 0 Å². The number of hydrogen-bond donors (Lipinski definition) is 2. The van der Waals surface area contributed by atoms with Crippen molar-refractivity contribution in [3.63, 3.8) is 0 Å². The maximum Gasteiger partial charge on any atom is 0.241 e. The van der Waals surface area contributed by atoms with E-state index in [1.165, 1.54) is 25.7 Å². The lowest BCUT2D eigenvalue weighted by molar-refractivity contribution is -0.135. The first-order valence-corrected chi connectivity index (χ1v) is 7.01. The number of rotatable bonds is 5. The van der Waals surface area contributed by atoms with Crippen molar-refractivity contribution in [1.82, 2.24) is 15.5 Å². The summed E-state index contributed by atoms with van der Waals surface area (Å²) in [5.41, 5.74) is 0. The van der Waals surface area contributed by atoms with Gasteiger partial charge in [0.1, 0.15) is 6.04 Å². The fraction of sp³-hybridized carbons (Fsp3) is 0.846. The number of hydrogen-bond acceptors (Lipinski definition) is 3. The molecule has 3 fully saturated rings. The third-order valence-corrected chi connectivity index (χ3v) is 3.97. The lowest BCUT2D eigenvalue weighted by Gasteiger charge is -2.30. The van der Waals surface area contributed by atoms with Crippen molar-refractivity contribution < 1.29 is 9.59 Å². The highest BCUT2D eigenvalue weighted by Crippen LogP contribution is 2.33. The number of piperazine rings is 1. The van der Waals surface area contributed by atoms with Gasteiger partial charge in [0, 0.05) is 19.6 Å². The summed E-state index contributed by atoms with van der Waals surface area (Å²) < 4.78 is 0. The maximum absolute atomic E-state index is 12.4. The number of amides is 2. The van der Waals surface area contributed by atoms with E-state index in [2.05, 4.69) is 10.6 Å². The zero-order chi connectivity index (χ0) is 12.5. The van der Waals surface area contributed by atoms with Gasteiger partial charge in [-0.2, -0.15) is 0 Å². The van der Waals surface area contributed by atoms with Crippen LogP contribution in [0.3, 0.4) is 0 Å². The fourth-order valence-corrected chi connectivity index (χ4v) is 2.44. The van der Waals surface area contributed by atoms with Gasteiger partial charge in [0.25, 0.3) is 0 Å². The van der Waals surface area contributed by atoms with E-state index in [9.17, 15) is 9.59 Å². The van der Waals surface area contributed by atoms with Crippen molar-refractivity contribution in [3.05, 3.63) is 0 Å². The lowest BCUT2D eigenvalue weighted by atomic mass is 10.2. The fourth-order valence-electron chi connectivity index (χ4n) is 2.44. The molecule has 0 spiro atoms. The summed E-state index contributed by atoms with van der Waals surface area (Å²) in [6, 6.07) is -0.222. The lowest BCUT2D eigenvalue weighted by Crippen LogP contribution is -2.59. The quantitative estimate of drug-likeness (QED) is 0.706. The molecule has 0 bridgehead atoms. The van der Waals surface area contributed by atoms with Crippen molar-refractivity contribution in [2.24, 2.45) is 11.8 Å². The number of nitrogens with zero attached hydrogens (tertiary/aromatic N) is 1. The van der Waals surface area contributed by atoms with Gasteiger partial charge in [-0.3, -0.25) is 14.9 Å². The van der Waals surface area contributed by atoms with Crippen LogP contribution < -0.4 is 10.6 Å². The normalized spacial score (nSPS) is 27.8. The number of carbonyl (C=O) groups excluding carboxylic acids is 2. The minimum atomic E-state index is -0.222. The van der Waals surface area contributed by atoms with Crippen molar-refractivity contribution >= 4 is 11.8 Å². The molecular formula is C13H21N3O2. The Morgan fingerprint density at radius 2 is 1.78 bits per heavy atom. The van der Waals surface area contributed by atoms with Gasteiger partial charge in [-0.25, -0.2) is 0 Å². The topological polar surface area (TPSA) is 61.4 Å². The van der Waals surface area contributed by atoms with E-state index in [-0.39, 0.29) is 24.4 Å². The van der Waals surface area contributed by atoms with Gasteiger partial charge in [-0.15, -0.1) is 0 Å². The molecule has 1 aliphatic heterocycles. The van der Waals surface area contributed by atoms with E-state index < -0.39 is 0 Å². The predicted octanol–water partition coefficient (Wildman–Crippen LogP) is -0.277. The Morgan fingerprint density at radius 1 is 1.17 bits per heavy atom. The molecule has 2 aliphatic carbocycles. The Balaban J connectivity index is 1.56. The van der Waals surface area contributed by atoms with Crippen molar-refractivity contribution in [2.75, 3.05) is 26.2 Å². The van der Waals surface area contributed by atoms with Crippen molar-refractivity contribution in [3.8, 4) is 0 Å². The smallest absolute Gasteiger partial charge is 0.241 e. The van der Waals surface area contributed by atoms with Crippen LogP contribution in [0.4, 0.5) is 0 Å². The zero-order valence-electron chi connectivity index (χ0n) is 10.7. The summed E-state index contributed by atoms with van der Waals surface area (Å²) in [7, 11) is 0. The molecule has 5 nitrogen and oxygen atoms in total. The second-order valence-electron chi connectivity index (χ2n) is 5.87. The second kappa shape index (κ2) is 4.88. The third-order valence-electron chi connectivity index (χ3n) is 3.97. The molecule has 0 aromatic rings. The summed E-state index contributed by atoms with van der Waals surface area (Å²) in [6.07, 6.45) is 5.07. The van der Waals surface area contributed by atoms with Gasteiger partial charge in [-0.1, -0.05) is 0 Å². The van der Waals surface area contributed by atoms with E-state index in [0.717, 1.165) is 24.9 Å². The van der Waals surface area contributed by atoms with Crippen LogP contribution in [0.2, 0.25) is 0 Å². The highest BCUT2D eigenvalue weighted by molar-refractivity contribution is 5.86. The van der Waals surface area contributed by atoms with Crippen LogP contribution in [-0.4, -0.2) is 48.9 Å². The predicted molar refractivity (Wildman–Crippen MR) is 66.8 cm³/mol. The molecule has 18 heavy (non-hydrogen) atoms. The van der Waals surface area contributed by atoms with Crippen LogP contribution in [0, 0.1) is 11.8 Å². The van der Waals surface area contributed by atoms with Gasteiger partial charge in [-0.05, 0) is 37.5 Å². The molecule has 1 atom stereocenters. The van der Waals surface area contributed by atoms with Crippen LogP contribution in [0.15, 0.2) is 0 Å². The van der Waals surface area contributed by atoms with Gasteiger partial charge < -0.3 is 10.2 Å². The minimum Gasteiger partial charge on any atom is -0.353 e. The van der Waals surface area contributed by atoms with E-state index >= 15 is 0 Å². The van der Waals surface area contributed by atoms with E-state index in [0.29, 0.717) is 6.54 Å². The standard InChI is InChI=1S/C13H21N3O2/c17-12-6-14-11(5-15-12)13(18)16(7-9-1-2-9)8-10-3-4-10/h9-11,14H,1-8H2,(H,15,17). The molecule has 1 saturated heterocycles. The third kappa shape index (κ3) is 3.02. The average Bonchev–Trinajstić information content (AvgIpc) is 3.23. The summed E-state index contributed by atoms with van der Waals surface area (Å²) in [5, 5.41) is 5.79. The van der Waals surface area contributed by atoms with Gasteiger partial charge in [0.05, 0.1) is 6.54 Å². The molecular weight excluding hydrogens is 230 g/mol. The van der Waals surface area contributed by atoms with Gasteiger partial charge in [0.15, 0.2) is 0 Å². The molecule has 2 N–H and O–H groups in total. The Bertz CT molecular complexity index is 326. The van der Waals surface area contributed by atoms with Crippen LogP contribution in [-0.2, 0) is 9.59 Å². The zero-order valence-corrected chi connectivity index (χ0v) is 10.7. The highest BCUT2D eigenvalue weighted by atomic mass is 16.2. The second-order valence-corrected chi connectivity index (χ2v) is 5.87. The summed E-state index contributed by atoms with van der Waals surface area (Å²) >= 11 is 0. The molecule has 2 saturated carbocycles. The minimum absolute atomic E-state index is 0.0185. The highest BCUT2D eigenvalue weighted by Gasteiger charge is 2.35. The van der Waals surface area contributed by atoms with Gasteiger partial charge >= 0.3 is 0 Å². The Morgan fingerprint density at radius 3 is 2.22 bits per heavy atom. The molecule has 5 heteroatoms. The number of carbonyl (C=O) groups is 2. The first kappa shape index (κ1) is 12.0. The Hall–Kier alpha value is -1.10. The maximum atomic E-state index is 12.4. The SMILES string of the molecule is O=C1CNC(C(=O)N(CC2CC2)CC2CC2)CN1. The van der Waals surface area contributed by atoms with Crippen LogP contribution >= 0.6 is 0 Å². The van der Waals surface area contributed by atoms with Crippen molar-refractivity contribution in [2.45, 2.75) is 31.7 Å². The summed E-state index contributed by atoms with van der Waals surface area (Å²) in [6.45, 7) is 2.53. The molecule has 3 aliphatic rings. The van der Waals surface area contributed by atoms with Crippen LogP contribution in [0.25, 0.3) is 0 Å². The molecule has 0 radical (unpaired) electrons. The van der Waals surface area contributed by atoms with Crippen LogP contribution in [0.1, 0.15) is 25.7 Å². The molecule has 100 valence electrons. The Kier molecular flexibility index (Phi) is 3.24. The largest absolute Gasteiger partial charge is 0.353 e. The molecule has 1 heterocycles. The van der Waals surface area contributed by atoms with E-state index in [1.807, 2.05) is 4.90 Å². The summed E-state index contributed by atoms with van der Waals surface area (Å²) in [4.78, 5) is 25.6. The Labute approximate surface area is 107 Å². The molecule has 0 aromatic heterocycles. The molecule has 2 amide bonds. The molecule has 0 aromatic carbocycles. The monoisotopic (exact) mass is 251 g/mol. The first-order valence-electron chi connectivity index (χ1n) is 7.01. The summed E-state index contributed by atoms with van der Waals surface area (Å²) in [5.74, 6) is 1.61. The van der Waals surface area contributed by atoms with Gasteiger partial charge in [0.2, 0.25) is 11.8 Å². The van der Waals surface area contributed by atoms with E-state index in [4.69, 9.17) is 0 Å². The molecule has 3 rings (SSSR count). The number of nitrogens with one attached hydrogen (secondary N) is 2. The van der Waals surface area contributed by atoms with E-state index in [1.54, 1.807) is 0 Å². The first-order chi connectivity index (χ1) is 8.72. The van der Waals surface area contributed by atoms with Crippen LogP contribution in [0.5, 0.6) is 0 Å².